The molecule has 3 nitrogen and oxygen atoms in total. The minimum atomic E-state index is -0.210. The number of nitrogens with two attached hydrogens (primary N) is 1. The number of nitrogens with zero attached hydrogens (tertiary/aromatic N) is 1. The molecule has 0 amide bonds. The lowest BCUT2D eigenvalue weighted by Crippen LogP contribution is -2.55. The van der Waals surface area contributed by atoms with E-state index in [0.29, 0.717) is 19.8 Å². The van der Waals surface area contributed by atoms with E-state index in [1.807, 2.05) is 26.2 Å². The number of ether oxygens (including phenoxy) is 1. The molecule has 0 saturated carbocycles. The predicted molar refractivity (Wildman–Crippen MR) is 65.1 cm³/mol. The summed E-state index contributed by atoms with van der Waals surface area (Å²) in [6.45, 7) is 1.92. The highest BCUT2D eigenvalue weighted by Crippen LogP contribution is 2.42. The lowest BCUT2D eigenvalue weighted by Gasteiger charge is -2.49. The number of hydrogen-bond donors (Lipinski definition) is 1. The van der Waals surface area contributed by atoms with Gasteiger partial charge in [-0.3, -0.25) is 0 Å². The molecule has 1 aromatic rings. The van der Waals surface area contributed by atoms with E-state index in [9.17, 15) is 4.39 Å². The monoisotopic (exact) mass is 238 g/mol. The first-order chi connectivity index (χ1) is 8.09. The molecule has 0 radical (unpaired) electrons. The van der Waals surface area contributed by atoms with Crippen LogP contribution in [0.15, 0.2) is 24.3 Å². The summed E-state index contributed by atoms with van der Waals surface area (Å²) in [4.78, 5) is 2.13. The van der Waals surface area contributed by atoms with Crippen LogP contribution >= 0.6 is 0 Å². The first-order valence-electron chi connectivity index (χ1n) is 5.79. The van der Waals surface area contributed by atoms with Gasteiger partial charge in [0.1, 0.15) is 5.82 Å². The van der Waals surface area contributed by atoms with E-state index in [0.717, 1.165) is 5.56 Å². The number of rotatable bonds is 4. The topological polar surface area (TPSA) is 38.5 Å². The van der Waals surface area contributed by atoms with Gasteiger partial charge >= 0.3 is 0 Å². The fourth-order valence-electron chi connectivity index (χ4n) is 2.60. The Morgan fingerprint density at radius 3 is 2.29 bits per heavy atom. The Balaban J connectivity index is 2.32. The molecule has 17 heavy (non-hydrogen) atoms. The maximum absolute atomic E-state index is 13.0. The standard InChI is InChI=1S/C13H19FN2O/c1-16(2)12(13(7-15)8-17-9-13)10-3-5-11(14)6-4-10/h3-6,12H,7-9,15H2,1-2H3. The van der Waals surface area contributed by atoms with Crippen LogP contribution in [0.3, 0.4) is 0 Å². The Kier molecular flexibility index (Phi) is 3.47. The largest absolute Gasteiger partial charge is 0.380 e. The highest BCUT2D eigenvalue weighted by Gasteiger charge is 2.46. The summed E-state index contributed by atoms with van der Waals surface area (Å²) in [6.07, 6.45) is 0. The van der Waals surface area contributed by atoms with Crippen molar-refractivity contribution in [2.24, 2.45) is 11.1 Å². The van der Waals surface area contributed by atoms with Crippen molar-refractivity contribution in [3.63, 3.8) is 0 Å². The molecule has 2 N–H and O–H groups in total. The summed E-state index contributed by atoms with van der Waals surface area (Å²) < 4.78 is 18.3. The van der Waals surface area contributed by atoms with Crippen molar-refractivity contribution in [2.45, 2.75) is 6.04 Å². The molecule has 0 aliphatic carbocycles. The van der Waals surface area contributed by atoms with Crippen molar-refractivity contribution >= 4 is 0 Å². The van der Waals surface area contributed by atoms with E-state index < -0.39 is 0 Å². The van der Waals surface area contributed by atoms with Gasteiger partial charge in [-0.2, -0.15) is 0 Å². The highest BCUT2D eigenvalue weighted by molar-refractivity contribution is 5.23. The van der Waals surface area contributed by atoms with Crippen molar-refractivity contribution in [3.05, 3.63) is 35.6 Å². The Labute approximate surface area is 101 Å². The Hall–Kier alpha value is -0.970. The quantitative estimate of drug-likeness (QED) is 0.862. The van der Waals surface area contributed by atoms with Gasteiger partial charge in [-0.05, 0) is 31.8 Å². The molecule has 1 aliphatic rings. The average Bonchev–Trinajstić information content (AvgIpc) is 2.24. The van der Waals surface area contributed by atoms with Crippen LogP contribution in [0.2, 0.25) is 0 Å². The molecule has 1 saturated heterocycles. The summed E-state index contributed by atoms with van der Waals surface area (Å²) >= 11 is 0. The fourth-order valence-corrected chi connectivity index (χ4v) is 2.60. The van der Waals surface area contributed by atoms with Gasteiger partial charge < -0.3 is 15.4 Å². The average molecular weight is 238 g/mol. The number of hydrogen-bond acceptors (Lipinski definition) is 3. The minimum Gasteiger partial charge on any atom is -0.380 e. The van der Waals surface area contributed by atoms with Gasteiger partial charge in [-0.25, -0.2) is 4.39 Å². The molecule has 0 bridgehead atoms. The summed E-state index contributed by atoms with van der Waals surface area (Å²) in [5, 5.41) is 0. The zero-order chi connectivity index (χ0) is 12.5. The van der Waals surface area contributed by atoms with Crippen LogP contribution in [-0.4, -0.2) is 38.8 Å². The van der Waals surface area contributed by atoms with E-state index in [4.69, 9.17) is 10.5 Å². The third-order valence-electron chi connectivity index (χ3n) is 3.47. The fraction of sp³-hybridized carbons (Fsp3) is 0.538. The van der Waals surface area contributed by atoms with Gasteiger partial charge in [0, 0.05) is 18.0 Å². The smallest absolute Gasteiger partial charge is 0.123 e. The van der Waals surface area contributed by atoms with E-state index >= 15 is 0 Å². The third kappa shape index (κ3) is 2.20. The Morgan fingerprint density at radius 2 is 1.94 bits per heavy atom. The first kappa shape index (κ1) is 12.5. The molecule has 1 aliphatic heterocycles. The molecule has 1 atom stereocenters. The van der Waals surface area contributed by atoms with Crippen LogP contribution in [0.5, 0.6) is 0 Å². The Morgan fingerprint density at radius 1 is 1.35 bits per heavy atom. The molecular weight excluding hydrogens is 219 g/mol. The highest BCUT2D eigenvalue weighted by atomic mass is 19.1. The molecule has 94 valence electrons. The van der Waals surface area contributed by atoms with Gasteiger partial charge in [0.15, 0.2) is 0 Å². The zero-order valence-electron chi connectivity index (χ0n) is 10.3. The molecule has 4 heteroatoms. The van der Waals surface area contributed by atoms with Crippen molar-refractivity contribution < 1.29 is 9.13 Å². The van der Waals surface area contributed by atoms with Crippen LogP contribution in [0.1, 0.15) is 11.6 Å². The third-order valence-corrected chi connectivity index (χ3v) is 3.47. The molecule has 1 fully saturated rings. The van der Waals surface area contributed by atoms with Crippen molar-refractivity contribution in [3.8, 4) is 0 Å². The van der Waals surface area contributed by atoms with Crippen LogP contribution in [0, 0.1) is 11.2 Å². The molecule has 0 spiro atoms. The van der Waals surface area contributed by atoms with Crippen LogP contribution in [0.25, 0.3) is 0 Å². The number of benzene rings is 1. The van der Waals surface area contributed by atoms with E-state index in [1.165, 1.54) is 12.1 Å². The normalized spacial score (nSPS) is 20.1. The van der Waals surface area contributed by atoms with Gasteiger partial charge in [0.25, 0.3) is 0 Å². The van der Waals surface area contributed by atoms with E-state index in [1.54, 1.807) is 0 Å². The van der Waals surface area contributed by atoms with E-state index in [-0.39, 0.29) is 17.3 Å². The van der Waals surface area contributed by atoms with Crippen LogP contribution in [-0.2, 0) is 4.74 Å². The summed E-state index contributed by atoms with van der Waals surface area (Å²) in [5.74, 6) is -0.210. The minimum absolute atomic E-state index is 0.0403. The second-order valence-corrected chi connectivity index (χ2v) is 4.98. The van der Waals surface area contributed by atoms with Gasteiger partial charge in [0.2, 0.25) is 0 Å². The summed E-state index contributed by atoms with van der Waals surface area (Å²) in [5.41, 5.74) is 6.94. The molecule has 1 aromatic carbocycles. The van der Waals surface area contributed by atoms with Crippen LogP contribution in [0.4, 0.5) is 4.39 Å². The van der Waals surface area contributed by atoms with Gasteiger partial charge in [-0.1, -0.05) is 12.1 Å². The molecule has 2 rings (SSSR count). The molecule has 1 heterocycles. The zero-order valence-corrected chi connectivity index (χ0v) is 10.3. The molecular formula is C13H19FN2O. The molecule has 1 unspecified atom stereocenters. The van der Waals surface area contributed by atoms with Crippen molar-refractivity contribution in [1.82, 2.24) is 4.90 Å². The molecule has 0 aromatic heterocycles. The van der Waals surface area contributed by atoms with Crippen LogP contribution < -0.4 is 5.73 Å². The SMILES string of the molecule is CN(C)C(c1ccc(F)cc1)C1(CN)COC1. The lowest BCUT2D eigenvalue weighted by molar-refractivity contribution is -0.145. The first-order valence-corrected chi connectivity index (χ1v) is 5.79. The summed E-state index contributed by atoms with van der Waals surface area (Å²) in [7, 11) is 4.04. The predicted octanol–water partition coefficient (Wildman–Crippen LogP) is 1.40. The van der Waals surface area contributed by atoms with Gasteiger partial charge in [-0.15, -0.1) is 0 Å². The maximum atomic E-state index is 13.0. The second-order valence-electron chi connectivity index (χ2n) is 4.98. The van der Waals surface area contributed by atoms with Gasteiger partial charge in [0.05, 0.1) is 13.2 Å². The lowest BCUT2D eigenvalue weighted by atomic mass is 9.74. The van der Waals surface area contributed by atoms with E-state index in [2.05, 4.69) is 4.90 Å². The van der Waals surface area contributed by atoms with Crippen molar-refractivity contribution in [1.29, 1.82) is 0 Å². The summed E-state index contributed by atoms with van der Waals surface area (Å²) in [6, 6.07) is 6.82. The maximum Gasteiger partial charge on any atom is 0.123 e. The Bertz CT molecular complexity index is 368. The number of halogens is 1. The van der Waals surface area contributed by atoms with Crippen molar-refractivity contribution in [2.75, 3.05) is 33.9 Å². The second kappa shape index (κ2) is 4.72.